The van der Waals surface area contributed by atoms with E-state index >= 15 is 0 Å². The van der Waals surface area contributed by atoms with Crippen molar-refractivity contribution < 1.29 is 0 Å². The van der Waals surface area contributed by atoms with Crippen molar-refractivity contribution in [3.8, 4) is 0 Å². The maximum absolute atomic E-state index is 4.10. The number of hydrogen-bond acceptors (Lipinski definition) is 3. The molecule has 0 aliphatic heterocycles. The second kappa shape index (κ2) is 5.48. The average Bonchev–Trinajstić information content (AvgIpc) is 2.84. The fourth-order valence-corrected chi connectivity index (χ4v) is 3.50. The Hall–Kier alpha value is -0.420. The van der Waals surface area contributed by atoms with Crippen molar-refractivity contribution in [1.29, 1.82) is 0 Å². The van der Waals surface area contributed by atoms with E-state index in [4.69, 9.17) is 0 Å². The van der Waals surface area contributed by atoms with Gasteiger partial charge in [0.25, 0.3) is 0 Å². The van der Waals surface area contributed by atoms with E-state index in [0.29, 0.717) is 12.0 Å². The number of hydrogen-bond donors (Lipinski definition) is 1. The van der Waals surface area contributed by atoms with Crippen molar-refractivity contribution >= 4 is 15.9 Å². The Balaban J connectivity index is 2.23. The van der Waals surface area contributed by atoms with Gasteiger partial charge in [-0.3, -0.25) is 0 Å². The summed E-state index contributed by atoms with van der Waals surface area (Å²) >= 11 is 3.52. The zero-order valence-electron chi connectivity index (χ0n) is 10.8. The van der Waals surface area contributed by atoms with Crippen LogP contribution >= 0.6 is 15.9 Å². The van der Waals surface area contributed by atoms with E-state index < -0.39 is 0 Å². The third-order valence-electron chi connectivity index (χ3n) is 3.75. The molecule has 1 aliphatic carbocycles. The molecule has 1 aliphatic rings. The Morgan fingerprint density at radius 3 is 2.76 bits per heavy atom. The molecule has 0 amide bonds. The van der Waals surface area contributed by atoms with Crippen molar-refractivity contribution in [1.82, 2.24) is 20.3 Å². The second-order valence-corrected chi connectivity index (χ2v) is 5.85. The molecule has 3 unspecified atom stereocenters. The van der Waals surface area contributed by atoms with E-state index in [2.05, 4.69) is 45.4 Å². The lowest BCUT2D eigenvalue weighted by atomic mass is 9.94. The van der Waals surface area contributed by atoms with Gasteiger partial charge < -0.3 is 5.32 Å². The number of rotatable bonds is 4. The fraction of sp³-hybridized carbons (Fsp3) is 0.833. The summed E-state index contributed by atoms with van der Waals surface area (Å²) in [5.74, 6) is 1.56. The van der Waals surface area contributed by atoms with Crippen molar-refractivity contribution in [2.24, 2.45) is 18.9 Å². The molecule has 1 saturated carbocycles. The van der Waals surface area contributed by atoms with Gasteiger partial charge >= 0.3 is 0 Å². The highest BCUT2D eigenvalue weighted by atomic mass is 79.9. The summed E-state index contributed by atoms with van der Waals surface area (Å²) in [6, 6.07) is 0.374. The molecule has 1 aromatic rings. The Labute approximate surface area is 111 Å². The summed E-state index contributed by atoms with van der Waals surface area (Å²) in [4.78, 5) is 0. The Morgan fingerprint density at radius 1 is 1.53 bits per heavy atom. The summed E-state index contributed by atoms with van der Waals surface area (Å²) in [7, 11) is 1.97. The summed E-state index contributed by atoms with van der Waals surface area (Å²) in [6.45, 7) is 5.48. The van der Waals surface area contributed by atoms with E-state index in [-0.39, 0.29) is 0 Å². The predicted molar refractivity (Wildman–Crippen MR) is 71.6 cm³/mol. The number of aromatic nitrogens is 3. The molecule has 2 rings (SSSR count). The van der Waals surface area contributed by atoms with Gasteiger partial charge in [-0.1, -0.05) is 25.5 Å². The molecule has 0 spiro atoms. The number of nitrogens with zero attached hydrogens (tertiary/aromatic N) is 3. The van der Waals surface area contributed by atoms with Crippen LogP contribution in [-0.2, 0) is 7.05 Å². The van der Waals surface area contributed by atoms with Crippen LogP contribution in [0.15, 0.2) is 4.60 Å². The SMILES string of the molecule is CCNC(c1c(Br)nnn1C)C1CCC(C)C1. The molecule has 0 aromatic carbocycles. The minimum Gasteiger partial charge on any atom is -0.309 e. The first-order chi connectivity index (χ1) is 8.13. The minimum absolute atomic E-state index is 0.374. The van der Waals surface area contributed by atoms with Crippen LogP contribution in [0.5, 0.6) is 0 Å². The van der Waals surface area contributed by atoms with Crippen LogP contribution in [0.25, 0.3) is 0 Å². The highest BCUT2D eigenvalue weighted by Crippen LogP contribution is 2.40. The molecular formula is C12H21BrN4. The van der Waals surface area contributed by atoms with Gasteiger partial charge in [0, 0.05) is 7.05 Å². The van der Waals surface area contributed by atoms with Crippen molar-refractivity contribution in [3.05, 3.63) is 10.3 Å². The zero-order chi connectivity index (χ0) is 12.4. The Morgan fingerprint density at radius 2 is 2.29 bits per heavy atom. The van der Waals surface area contributed by atoms with E-state index in [9.17, 15) is 0 Å². The third-order valence-corrected chi connectivity index (χ3v) is 4.32. The Kier molecular flexibility index (Phi) is 4.20. The van der Waals surface area contributed by atoms with Gasteiger partial charge in [0.15, 0.2) is 4.60 Å². The quantitative estimate of drug-likeness (QED) is 0.929. The van der Waals surface area contributed by atoms with Gasteiger partial charge in [0.2, 0.25) is 0 Å². The van der Waals surface area contributed by atoms with Crippen molar-refractivity contribution in [2.45, 2.75) is 39.2 Å². The summed E-state index contributed by atoms with van der Waals surface area (Å²) in [5.41, 5.74) is 1.19. The first-order valence-corrected chi connectivity index (χ1v) is 7.21. The highest BCUT2D eigenvalue weighted by molar-refractivity contribution is 9.10. The molecule has 5 heteroatoms. The van der Waals surface area contributed by atoms with Gasteiger partial charge in [-0.25, -0.2) is 4.68 Å². The molecule has 17 heavy (non-hydrogen) atoms. The molecule has 0 saturated heterocycles. The molecule has 1 aromatic heterocycles. The lowest BCUT2D eigenvalue weighted by Crippen LogP contribution is -2.29. The summed E-state index contributed by atoms with van der Waals surface area (Å²) < 4.78 is 2.77. The first kappa shape index (κ1) is 13.0. The number of nitrogens with one attached hydrogen (secondary N) is 1. The molecular weight excluding hydrogens is 280 g/mol. The first-order valence-electron chi connectivity index (χ1n) is 6.42. The molecule has 1 heterocycles. The molecule has 1 N–H and O–H groups in total. The minimum atomic E-state index is 0.374. The van der Waals surface area contributed by atoms with Crippen LogP contribution in [0.3, 0.4) is 0 Å². The van der Waals surface area contributed by atoms with Crippen molar-refractivity contribution in [3.63, 3.8) is 0 Å². The smallest absolute Gasteiger partial charge is 0.153 e. The number of aryl methyl sites for hydroxylation is 1. The molecule has 0 radical (unpaired) electrons. The summed E-state index contributed by atoms with van der Waals surface area (Å²) in [5, 5.41) is 11.8. The van der Waals surface area contributed by atoms with Crippen LogP contribution in [0.4, 0.5) is 0 Å². The van der Waals surface area contributed by atoms with Crippen LogP contribution in [-0.4, -0.2) is 21.5 Å². The van der Waals surface area contributed by atoms with Gasteiger partial charge in [0.05, 0.1) is 11.7 Å². The third kappa shape index (κ3) is 2.71. The average molecular weight is 301 g/mol. The normalized spacial score (nSPS) is 26.4. The molecule has 0 bridgehead atoms. The standard InChI is InChI=1S/C12H21BrN4/c1-4-14-10(9-6-5-8(2)7-9)11-12(13)15-16-17(11)3/h8-10,14H,4-7H2,1-3H3. The maximum atomic E-state index is 4.10. The van der Waals surface area contributed by atoms with E-state index in [1.54, 1.807) is 0 Å². The van der Waals surface area contributed by atoms with Gasteiger partial charge in [0.1, 0.15) is 0 Å². The predicted octanol–water partition coefficient (Wildman–Crippen LogP) is 2.66. The molecule has 4 nitrogen and oxygen atoms in total. The topological polar surface area (TPSA) is 42.7 Å². The molecule has 3 atom stereocenters. The summed E-state index contributed by atoms with van der Waals surface area (Å²) in [6.07, 6.45) is 3.95. The molecule has 96 valence electrons. The van der Waals surface area contributed by atoms with E-state index in [1.807, 2.05) is 11.7 Å². The largest absolute Gasteiger partial charge is 0.309 e. The van der Waals surface area contributed by atoms with Gasteiger partial charge in [-0.2, -0.15) is 0 Å². The van der Waals surface area contributed by atoms with Crippen LogP contribution in [0.1, 0.15) is 44.8 Å². The lowest BCUT2D eigenvalue weighted by Gasteiger charge is -2.24. The van der Waals surface area contributed by atoms with Crippen molar-refractivity contribution in [2.75, 3.05) is 6.54 Å². The zero-order valence-corrected chi connectivity index (χ0v) is 12.4. The second-order valence-electron chi connectivity index (χ2n) is 5.10. The fourth-order valence-electron chi connectivity index (χ4n) is 2.93. The lowest BCUT2D eigenvalue weighted by molar-refractivity contribution is 0.347. The monoisotopic (exact) mass is 300 g/mol. The van der Waals surface area contributed by atoms with E-state index in [0.717, 1.165) is 17.1 Å². The van der Waals surface area contributed by atoms with Crippen LogP contribution in [0.2, 0.25) is 0 Å². The van der Waals surface area contributed by atoms with Crippen LogP contribution < -0.4 is 5.32 Å². The Bertz CT molecular complexity index is 357. The van der Waals surface area contributed by atoms with Crippen LogP contribution in [0, 0.1) is 11.8 Å². The van der Waals surface area contributed by atoms with Gasteiger partial charge in [-0.15, -0.1) is 5.10 Å². The maximum Gasteiger partial charge on any atom is 0.153 e. The highest BCUT2D eigenvalue weighted by Gasteiger charge is 2.32. The van der Waals surface area contributed by atoms with Gasteiger partial charge in [-0.05, 0) is 47.2 Å². The van der Waals surface area contributed by atoms with E-state index in [1.165, 1.54) is 25.0 Å². The number of halogens is 1. The molecule has 1 fully saturated rings.